The van der Waals surface area contributed by atoms with Crippen molar-refractivity contribution in [3.05, 3.63) is 59.4 Å². The van der Waals surface area contributed by atoms with Gasteiger partial charge in [0, 0.05) is 37.8 Å². The van der Waals surface area contributed by atoms with E-state index in [1.807, 2.05) is 0 Å². The molecule has 0 aliphatic rings. The molecule has 0 aliphatic heterocycles. The Morgan fingerprint density at radius 2 is 1.69 bits per heavy atom. The van der Waals surface area contributed by atoms with Gasteiger partial charge in [0.2, 0.25) is 0 Å². The Labute approximate surface area is 171 Å². The molecule has 0 unspecified atom stereocenters. The van der Waals surface area contributed by atoms with Crippen LogP contribution in [0, 0.1) is 0 Å². The molecule has 2 aromatic carbocycles. The smallest absolute Gasteiger partial charge is 0.376 e. The Hall–Kier alpha value is -2.52. The molecule has 3 aromatic rings. The molecule has 1 aromatic heterocycles. The monoisotopic (exact) mass is 443 g/mol. The first-order valence-electron chi connectivity index (χ1n) is 8.32. The van der Waals surface area contributed by atoms with Crippen LogP contribution in [0.1, 0.15) is 5.69 Å². The minimum atomic E-state index is -4.64. The van der Waals surface area contributed by atoms with Crippen molar-refractivity contribution in [1.82, 2.24) is 9.55 Å². The lowest BCUT2D eigenvalue weighted by molar-refractivity contribution is -0.140. The van der Waals surface area contributed by atoms with Crippen molar-refractivity contribution in [2.75, 3.05) is 25.3 Å². The molecule has 1 heterocycles. The van der Waals surface area contributed by atoms with Crippen LogP contribution in [0.5, 0.6) is 0 Å². The van der Waals surface area contributed by atoms with Crippen LogP contribution in [0.15, 0.2) is 53.6 Å². The van der Waals surface area contributed by atoms with Crippen LogP contribution in [0.3, 0.4) is 0 Å². The van der Waals surface area contributed by atoms with E-state index in [-0.39, 0.29) is 10.7 Å². The molecule has 0 saturated heterocycles. The molecule has 0 saturated carbocycles. The zero-order chi connectivity index (χ0) is 21.6. The third-order valence-corrected chi connectivity index (χ3v) is 5.67. The highest BCUT2D eigenvalue weighted by molar-refractivity contribution is 7.90. The molecule has 0 aliphatic carbocycles. The fraction of sp³-hybridized carbons (Fsp3) is 0.211. The molecule has 0 spiro atoms. The van der Waals surface area contributed by atoms with Crippen molar-refractivity contribution in [2.45, 2.75) is 11.1 Å². The number of halogens is 4. The lowest BCUT2D eigenvalue weighted by Crippen LogP contribution is -2.09. The summed E-state index contributed by atoms with van der Waals surface area (Å²) in [7, 11) is 0.106. The van der Waals surface area contributed by atoms with Gasteiger partial charge in [0.15, 0.2) is 15.5 Å². The molecule has 29 heavy (non-hydrogen) atoms. The van der Waals surface area contributed by atoms with Gasteiger partial charge in [-0.05, 0) is 42.5 Å². The SMILES string of the molecule is CN(C)c1cc(-c2nc(C(F)(F)F)cn2-c2ccc(S(C)(=O)=O)cc2)ccc1Cl. The molecule has 0 bridgehead atoms. The third-order valence-electron chi connectivity index (χ3n) is 4.23. The van der Waals surface area contributed by atoms with Crippen molar-refractivity contribution in [1.29, 1.82) is 0 Å². The summed E-state index contributed by atoms with van der Waals surface area (Å²) >= 11 is 6.17. The Balaban J connectivity index is 2.20. The molecule has 0 amide bonds. The molecular weight excluding hydrogens is 427 g/mol. The zero-order valence-corrected chi connectivity index (χ0v) is 17.3. The lowest BCUT2D eigenvalue weighted by atomic mass is 10.1. The largest absolute Gasteiger partial charge is 0.434 e. The Bertz CT molecular complexity index is 1150. The minimum Gasteiger partial charge on any atom is -0.376 e. The van der Waals surface area contributed by atoms with Crippen LogP contribution in [0.2, 0.25) is 5.02 Å². The molecule has 0 fully saturated rings. The summed E-state index contributed by atoms with van der Waals surface area (Å²) in [6.07, 6.45) is -2.69. The van der Waals surface area contributed by atoms with Crippen LogP contribution in [-0.4, -0.2) is 38.3 Å². The summed E-state index contributed by atoms with van der Waals surface area (Å²) in [6, 6.07) is 10.4. The highest BCUT2D eigenvalue weighted by Crippen LogP contribution is 2.35. The molecule has 5 nitrogen and oxygen atoms in total. The van der Waals surface area contributed by atoms with Gasteiger partial charge in [0.1, 0.15) is 5.82 Å². The second kappa shape index (κ2) is 7.38. The average molecular weight is 444 g/mol. The predicted molar refractivity (Wildman–Crippen MR) is 106 cm³/mol. The number of hydrogen-bond acceptors (Lipinski definition) is 4. The van der Waals surface area contributed by atoms with Gasteiger partial charge in [-0.25, -0.2) is 13.4 Å². The van der Waals surface area contributed by atoms with Gasteiger partial charge in [-0.2, -0.15) is 13.2 Å². The van der Waals surface area contributed by atoms with E-state index in [1.54, 1.807) is 37.2 Å². The summed E-state index contributed by atoms with van der Waals surface area (Å²) in [5.74, 6) is 0.0594. The first-order chi connectivity index (χ1) is 13.4. The van der Waals surface area contributed by atoms with Gasteiger partial charge in [0.05, 0.1) is 15.6 Å². The van der Waals surface area contributed by atoms with Gasteiger partial charge >= 0.3 is 6.18 Å². The normalized spacial score (nSPS) is 12.2. The Kier molecular flexibility index (Phi) is 5.40. The second-order valence-corrected chi connectivity index (χ2v) is 9.07. The standard InChI is InChI=1S/C19H17ClF3N3O2S/c1-25(2)16-10-12(4-9-15(16)20)18-24-17(19(21,22)23)11-26(18)13-5-7-14(8-6-13)29(3,27)28/h4-11H,1-3H3. The van der Waals surface area contributed by atoms with Gasteiger partial charge in [0.25, 0.3) is 0 Å². The summed E-state index contributed by atoms with van der Waals surface area (Å²) in [4.78, 5) is 5.60. The highest BCUT2D eigenvalue weighted by atomic mass is 35.5. The number of imidazole rings is 1. The van der Waals surface area contributed by atoms with Crippen molar-refractivity contribution in [3.63, 3.8) is 0 Å². The molecule has 10 heteroatoms. The topological polar surface area (TPSA) is 55.2 Å². The van der Waals surface area contributed by atoms with E-state index in [0.29, 0.717) is 22.0 Å². The first kappa shape index (κ1) is 21.2. The highest BCUT2D eigenvalue weighted by Gasteiger charge is 2.35. The van der Waals surface area contributed by atoms with Gasteiger partial charge in [-0.3, -0.25) is 4.57 Å². The number of alkyl halides is 3. The maximum Gasteiger partial charge on any atom is 0.434 e. The zero-order valence-electron chi connectivity index (χ0n) is 15.7. The lowest BCUT2D eigenvalue weighted by Gasteiger charge is -2.16. The molecule has 154 valence electrons. The van der Waals surface area contributed by atoms with Crippen LogP contribution >= 0.6 is 11.6 Å². The van der Waals surface area contributed by atoms with E-state index in [4.69, 9.17) is 11.6 Å². The molecule has 0 atom stereocenters. The second-order valence-electron chi connectivity index (χ2n) is 6.64. The van der Waals surface area contributed by atoms with Gasteiger partial charge in [-0.15, -0.1) is 0 Å². The van der Waals surface area contributed by atoms with Gasteiger partial charge < -0.3 is 4.90 Å². The number of benzene rings is 2. The molecule has 3 rings (SSSR count). The summed E-state index contributed by atoms with van der Waals surface area (Å²) in [6.45, 7) is 0. The maximum atomic E-state index is 13.3. The summed E-state index contributed by atoms with van der Waals surface area (Å²) < 4.78 is 64.5. The van der Waals surface area contributed by atoms with Crippen LogP contribution in [-0.2, 0) is 16.0 Å². The number of sulfone groups is 1. The van der Waals surface area contributed by atoms with Crippen molar-refractivity contribution in [3.8, 4) is 17.1 Å². The third kappa shape index (κ3) is 4.40. The number of anilines is 1. The van der Waals surface area contributed by atoms with E-state index < -0.39 is 21.7 Å². The summed E-state index contributed by atoms with van der Waals surface area (Å²) in [5.41, 5.74) is 0.346. The van der Waals surface area contributed by atoms with Crippen LogP contribution in [0.25, 0.3) is 17.1 Å². The van der Waals surface area contributed by atoms with E-state index >= 15 is 0 Å². The Morgan fingerprint density at radius 3 is 2.21 bits per heavy atom. The molecular formula is C19H17ClF3N3O2S. The predicted octanol–water partition coefficient (Wildman–Crippen LogP) is 4.68. The maximum absolute atomic E-state index is 13.3. The molecule has 0 N–H and O–H groups in total. The van der Waals surface area contributed by atoms with E-state index in [9.17, 15) is 21.6 Å². The first-order valence-corrected chi connectivity index (χ1v) is 10.6. The van der Waals surface area contributed by atoms with Crippen LogP contribution in [0.4, 0.5) is 18.9 Å². The fourth-order valence-corrected chi connectivity index (χ4v) is 3.68. The van der Waals surface area contributed by atoms with E-state index in [2.05, 4.69) is 4.98 Å². The number of nitrogens with zero attached hydrogens (tertiary/aromatic N) is 3. The molecule has 0 radical (unpaired) electrons. The Morgan fingerprint density at radius 1 is 1.07 bits per heavy atom. The summed E-state index contributed by atoms with van der Waals surface area (Å²) in [5, 5.41) is 0.449. The fourth-order valence-electron chi connectivity index (χ4n) is 2.77. The van der Waals surface area contributed by atoms with Crippen molar-refractivity contribution in [2.24, 2.45) is 0 Å². The number of rotatable bonds is 4. The van der Waals surface area contributed by atoms with E-state index in [0.717, 1.165) is 12.5 Å². The number of aromatic nitrogens is 2. The number of hydrogen-bond donors (Lipinski definition) is 0. The van der Waals surface area contributed by atoms with Gasteiger partial charge in [-0.1, -0.05) is 11.6 Å². The minimum absolute atomic E-state index is 0.0594. The van der Waals surface area contributed by atoms with Crippen molar-refractivity contribution < 1.29 is 21.6 Å². The average Bonchev–Trinajstić information content (AvgIpc) is 3.07. The van der Waals surface area contributed by atoms with E-state index in [1.165, 1.54) is 28.8 Å². The van der Waals surface area contributed by atoms with Crippen LogP contribution < -0.4 is 4.90 Å². The quantitative estimate of drug-likeness (QED) is 0.587. The van der Waals surface area contributed by atoms with Crippen molar-refractivity contribution >= 4 is 27.1 Å².